The van der Waals surface area contributed by atoms with Crippen molar-refractivity contribution in [2.75, 3.05) is 18.9 Å². The van der Waals surface area contributed by atoms with Gasteiger partial charge in [-0.25, -0.2) is 4.79 Å². The molecule has 1 aliphatic rings. The zero-order valence-corrected chi connectivity index (χ0v) is 20.3. The molecule has 0 aliphatic heterocycles. The third-order valence-corrected chi connectivity index (χ3v) is 5.14. The molecule has 1 aromatic rings. The fraction of sp³-hybridized carbons (Fsp3) is 0.625. The van der Waals surface area contributed by atoms with E-state index in [1.54, 1.807) is 7.05 Å². The summed E-state index contributed by atoms with van der Waals surface area (Å²) in [6, 6.07) is 7.82. The Kier molecular flexibility index (Phi) is 8.92. The second-order valence-electron chi connectivity index (χ2n) is 9.96. The molecule has 1 aliphatic carbocycles. The molecule has 0 unspecified atom stereocenters. The summed E-state index contributed by atoms with van der Waals surface area (Å²) in [6.07, 6.45) is 3.78. The SMILES string of the molecule is CN=C(NCc1cccc(NC(=O)C2CCCC2)c1)NCC(C)(C)NC(=O)OC(C)(C)C. The third-order valence-electron chi connectivity index (χ3n) is 5.14. The van der Waals surface area contributed by atoms with E-state index < -0.39 is 17.2 Å². The molecule has 0 saturated heterocycles. The third kappa shape index (κ3) is 9.16. The van der Waals surface area contributed by atoms with Crippen molar-refractivity contribution in [3.63, 3.8) is 0 Å². The lowest BCUT2D eigenvalue weighted by atomic mass is 10.1. The van der Waals surface area contributed by atoms with Gasteiger partial charge >= 0.3 is 6.09 Å². The summed E-state index contributed by atoms with van der Waals surface area (Å²) in [5, 5.41) is 12.4. The predicted octanol–water partition coefficient (Wildman–Crippen LogP) is 3.78. The van der Waals surface area contributed by atoms with Crippen molar-refractivity contribution in [1.29, 1.82) is 0 Å². The molecule has 0 spiro atoms. The molecule has 0 radical (unpaired) electrons. The summed E-state index contributed by atoms with van der Waals surface area (Å²) < 4.78 is 5.33. The van der Waals surface area contributed by atoms with Gasteiger partial charge in [0.15, 0.2) is 5.96 Å². The van der Waals surface area contributed by atoms with E-state index in [-0.39, 0.29) is 11.8 Å². The Bertz CT molecular complexity index is 808. The van der Waals surface area contributed by atoms with E-state index in [2.05, 4.69) is 26.3 Å². The smallest absolute Gasteiger partial charge is 0.408 e. The predicted molar refractivity (Wildman–Crippen MR) is 129 cm³/mol. The molecule has 1 fully saturated rings. The van der Waals surface area contributed by atoms with Crippen molar-refractivity contribution in [2.24, 2.45) is 10.9 Å². The number of nitrogens with one attached hydrogen (secondary N) is 4. The number of benzene rings is 1. The Balaban J connectivity index is 1.83. The highest BCUT2D eigenvalue weighted by Gasteiger charge is 2.25. The largest absolute Gasteiger partial charge is 0.444 e. The first-order chi connectivity index (χ1) is 15.0. The number of guanidine groups is 1. The Labute approximate surface area is 192 Å². The van der Waals surface area contributed by atoms with Gasteiger partial charge in [0, 0.05) is 31.7 Å². The number of nitrogens with zero attached hydrogens (tertiary/aromatic N) is 1. The Morgan fingerprint density at radius 2 is 1.78 bits per heavy atom. The summed E-state index contributed by atoms with van der Waals surface area (Å²) in [7, 11) is 1.70. The molecule has 2 amide bonds. The van der Waals surface area contributed by atoms with Crippen LogP contribution in [0.2, 0.25) is 0 Å². The maximum Gasteiger partial charge on any atom is 0.408 e. The number of hydrogen-bond donors (Lipinski definition) is 4. The Morgan fingerprint density at radius 1 is 1.09 bits per heavy atom. The topological polar surface area (TPSA) is 104 Å². The van der Waals surface area contributed by atoms with Crippen molar-refractivity contribution in [3.8, 4) is 0 Å². The van der Waals surface area contributed by atoms with E-state index in [4.69, 9.17) is 4.74 Å². The van der Waals surface area contributed by atoms with E-state index in [0.29, 0.717) is 19.0 Å². The minimum Gasteiger partial charge on any atom is -0.444 e. The number of ether oxygens (including phenoxy) is 1. The molecule has 0 bridgehead atoms. The van der Waals surface area contributed by atoms with Crippen molar-refractivity contribution >= 4 is 23.6 Å². The maximum absolute atomic E-state index is 12.4. The lowest BCUT2D eigenvalue weighted by Gasteiger charge is -2.29. The number of carbonyl (C=O) groups is 2. The van der Waals surface area contributed by atoms with E-state index in [9.17, 15) is 9.59 Å². The van der Waals surface area contributed by atoms with Crippen LogP contribution in [-0.2, 0) is 16.1 Å². The van der Waals surface area contributed by atoms with Gasteiger partial charge in [-0.3, -0.25) is 9.79 Å². The molecule has 178 valence electrons. The minimum absolute atomic E-state index is 0.116. The summed E-state index contributed by atoms with van der Waals surface area (Å²) in [5.74, 6) is 0.867. The first-order valence-electron chi connectivity index (χ1n) is 11.3. The van der Waals surface area contributed by atoms with Crippen LogP contribution < -0.4 is 21.3 Å². The maximum atomic E-state index is 12.4. The molecular weight excluding hydrogens is 406 g/mol. The first-order valence-corrected chi connectivity index (χ1v) is 11.3. The summed E-state index contributed by atoms with van der Waals surface area (Å²) in [4.78, 5) is 28.7. The second-order valence-corrected chi connectivity index (χ2v) is 9.96. The van der Waals surface area contributed by atoms with Crippen molar-refractivity contribution in [2.45, 2.75) is 78.0 Å². The number of alkyl carbamates (subject to hydrolysis) is 1. The van der Waals surface area contributed by atoms with Crippen molar-refractivity contribution in [1.82, 2.24) is 16.0 Å². The fourth-order valence-electron chi connectivity index (χ4n) is 3.53. The standard InChI is InChI=1S/C24H39N5O3/c1-23(2,3)32-22(31)29-24(4,5)16-27-21(25-6)26-15-17-10-9-13-19(14-17)28-20(30)18-11-7-8-12-18/h9-10,13-14,18H,7-8,11-12,15-16H2,1-6H3,(H,28,30)(H,29,31)(H2,25,26,27). The monoisotopic (exact) mass is 445 g/mol. The molecule has 2 rings (SSSR count). The fourth-order valence-corrected chi connectivity index (χ4v) is 3.53. The zero-order valence-electron chi connectivity index (χ0n) is 20.3. The second kappa shape index (κ2) is 11.2. The molecule has 4 N–H and O–H groups in total. The molecule has 1 saturated carbocycles. The van der Waals surface area contributed by atoms with E-state index >= 15 is 0 Å². The lowest BCUT2D eigenvalue weighted by molar-refractivity contribution is -0.119. The van der Waals surface area contributed by atoms with Gasteiger partial charge in [0.1, 0.15) is 5.60 Å². The van der Waals surface area contributed by atoms with Gasteiger partial charge in [0.25, 0.3) is 0 Å². The van der Waals surface area contributed by atoms with Crippen LogP contribution in [0.25, 0.3) is 0 Å². The minimum atomic E-state index is -0.545. The molecule has 0 atom stereocenters. The lowest BCUT2D eigenvalue weighted by Crippen LogP contribution is -2.54. The van der Waals surface area contributed by atoms with E-state index in [1.807, 2.05) is 58.9 Å². The van der Waals surface area contributed by atoms with Gasteiger partial charge in [0.2, 0.25) is 5.91 Å². The Hall–Kier alpha value is -2.77. The number of rotatable bonds is 7. The van der Waals surface area contributed by atoms with Gasteiger partial charge < -0.3 is 26.0 Å². The summed E-state index contributed by atoms with van der Waals surface area (Å²) in [6.45, 7) is 10.3. The number of anilines is 1. The Morgan fingerprint density at radius 3 is 2.41 bits per heavy atom. The number of amides is 2. The molecule has 8 nitrogen and oxygen atoms in total. The van der Waals surface area contributed by atoms with Crippen LogP contribution in [0, 0.1) is 5.92 Å². The van der Waals surface area contributed by atoms with Crippen LogP contribution in [0.1, 0.15) is 65.9 Å². The molecule has 0 heterocycles. The number of carbonyl (C=O) groups excluding carboxylic acids is 2. The molecule has 32 heavy (non-hydrogen) atoms. The van der Waals surface area contributed by atoms with Crippen LogP contribution in [0.5, 0.6) is 0 Å². The van der Waals surface area contributed by atoms with E-state index in [1.165, 1.54) is 0 Å². The highest BCUT2D eigenvalue weighted by atomic mass is 16.6. The first kappa shape index (κ1) is 25.5. The van der Waals surface area contributed by atoms with Crippen molar-refractivity contribution < 1.29 is 14.3 Å². The number of aliphatic imine (C=N–C) groups is 1. The average Bonchev–Trinajstić information content (AvgIpc) is 3.21. The van der Waals surface area contributed by atoms with Gasteiger partial charge in [-0.2, -0.15) is 0 Å². The normalized spacial score (nSPS) is 15.2. The molecule has 1 aromatic carbocycles. The number of hydrogen-bond acceptors (Lipinski definition) is 4. The van der Waals surface area contributed by atoms with Crippen molar-refractivity contribution in [3.05, 3.63) is 29.8 Å². The van der Waals surface area contributed by atoms with Crippen LogP contribution >= 0.6 is 0 Å². The molecule has 8 heteroatoms. The quantitative estimate of drug-likeness (QED) is 0.378. The van der Waals surface area contributed by atoms with Gasteiger partial charge in [-0.1, -0.05) is 25.0 Å². The summed E-state index contributed by atoms with van der Waals surface area (Å²) in [5.41, 5.74) is 0.760. The average molecular weight is 446 g/mol. The highest BCUT2D eigenvalue weighted by molar-refractivity contribution is 5.92. The molecular formula is C24H39N5O3. The van der Waals surface area contributed by atoms with E-state index in [0.717, 1.165) is 36.9 Å². The van der Waals surface area contributed by atoms with Crippen LogP contribution in [-0.4, -0.2) is 42.7 Å². The zero-order chi connectivity index (χ0) is 23.8. The van der Waals surface area contributed by atoms with Crippen LogP contribution in [0.4, 0.5) is 10.5 Å². The summed E-state index contributed by atoms with van der Waals surface area (Å²) >= 11 is 0. The molecule has 0 aromatic heterocycles. The van der Waals surface area contributed by atoms with Gasteiger partial charge in [-0.05, 0) is 65.2 Å². The highest BCUT2D eigenvalue weighted by Crippen LogP contribution is 2.26. The van der Waals surface area contributed by atoms with Crippen LogP contribution in [0.3, 0.4) is 0 Å². The van der Waals surface area contributed by atoms with Gasteiger partial charge in [-0.15, -0.1) is 0 Å². The van der Waals surface area contributed by atoms with Gasteiger partial charge in [0.05, 0.1) is 5.54 Å². The van der Waals surface area contributed by atoms with Crippen LogP contribution in [0.15, 0.2) is 29.3 Å².